The number of benzene rings is 1. The van der Waals surface area contributed by atoms with Crippen molar-refractivity contribution in [3.05, 3.63) is 47.8 Å². The topological polar surface area (TPSA) is 59.7 Å². The fraction of sp³-hybridized carbons (Fsp3) is 0.409. The number of aromatic nitrogens is 3. The van der Waals surface area contributed by atoms with Gasteiger partial charge in [-0.15, -0.1) is 0 Å². The molecular formula is C22H28N4O2. The lowest BCUT2D eigenvalue weighted by atomic mass is 9.93. The summed E-state index contributed by atoms with van der Waals surface area (Å²) in [6.45, 7) is 11.5. The highest BCUT2D eigenvalue weighted by atomic mass is 16.5. The quantitative estimate of drug-likeness (QED) is 0.666. The molecule has 1 aromatic carbocycles. The van der Waals surface area contributed by atoms with Crippen LogP contribution >= 0.6 is 0 Å². The molecule has 28 heavy (non-hydrogen) atoms. The van der Waals surface area contributed by atoms with Crippen molar-refractivity contribution in [1.29, 1.82) is 0 Å². The second-order valence-electron chi connectivity index (χ2n) is 7.75. The molecular weight excluding hydrogens is 352 g/mol. The lowest BCUT2D eigenvalue weighted by molar-refractivity contribution is 0.0767. The van der Waals surface area contributed by atoms with Crippen LogP contribution < -0.4 is 4.74 Å². The number of nitrogens with zero attached hydrogens (tertiary/aromatic N) is 4. The molecule has 0 unspecified atom stereocenters. The summed E-state index contributed by atoms with van der Waals surface area (Å²) >= 11 is 0. The van der Waals surface area contributed by atoms with Crippen LogP contribution in [-0.2, 0) is 5.41 Å². The standard InChI is InChI=1S/C22H28N4O2/c1-7-25(8-2)21(27)16-13-17(15-11-9-10-12-18(15)28-6)26-20(23-16)14-19(24-26)22(3,4)5/h9-14H,7-8H2,1-6H3. The highest BCUT2D eigenvalue weighted by molar-refractivity contribution is 5.94. The summed E-state index contributed by atoms with van der Waals surface area (Å²) in [6.07, 6.45) is 0. The summed E-state index contributed by atoms with van der Waals surface area (Å²) in [4.78, 5) is 19.4. The average molecular weight is 380 g/mol. The van der Waals surface area contributed by atoms with E-state index in [9.17, 15) is 4.79 Å². The summed E-state index contributed by atoms with van der Waals surface area (Å²) in [5.41, 5.74) is 3.52. The molecule has 0 radical (unpaired) electrons. The molecule has 3 aromatic rings. The van der Waals surface area contributed by atoms with E-state index in [1.165, 1.54) is 0 Å². The van der Waals surface area contributed by atoms with Gasteiger partial charge in [-0.25, -0.2) is 9.50 Å². The van der Waals surface area contributed by atoms with Gasteiger partial charge in [-0.2, -0.15) is 5.10 Å². The summed E-state index contributed by atoms with van der Waals surface area (Å²) in [5, 5.41) is 4.80. The van der Waals surface area contributed by atoms with E-state index >= 15 is 0 Å². The van der Waals surface area contributed by atoms with Gasteiger partial charge in [0.2, 0.25) is 0 Å². The van der Waals surface area contributed by atoms with E-state index in [1.54, 1.807) is 16.5 Å². The number of carbonyl (C=O) groups is 1. The smallest absolute Gasteiger partial charge is 0.272 e. The second-order valence-corrected chi connectivity index (χ2v) is 7.75. The van der Waals surface area contributed by atoms with E-state index in [0.29, 0.717) is 24.4 Å². The summed E-state index contributed by atoms with van der Waals surface area (Å²) in [7, 11) is 1.64. The van der Waals surface area contributed by atoms with Gasteiger partial charge in [0.25, 0.3) is 5.91 Å². The normalized spacial score (nSPS) is 11.6. The monoisotopic (exact) mass is 380 g/mol. The Kier molecular flexibility index (Phi) is 5.40. The molecule has 0 atom stereocenters. The number of hydrogen-bond donors (Lipinski definition) is 0. The molecule has 0 fully saturated rings. The van der Waals surface area contributed by atoms with E-state index in [1.807, 2.05) is 50.2 Å². The first kappa shape index (κ1) is 19.9. The van der Waals surface area contributed by atoms with E-state index in [0.717, 1.165) is 22.7 Å². The van der Waals surface area contributed by atoms with Gasteiger partial charge in [0.05, 0.1) is 18.5 Å². The fourth-order valence-electron chi connectivity index (χ4n) is 3.17. The van der Waals surface area contributed by atoms with Gasteiger partial charge in [0, 0.05) is 30.1 Å². The molecule has 0 spiro atoms. The van der Waals surface area contributed by atoms with Gasteiger partial charge in [-0.3, -0.25) is 4.79 Å². The molecule has 0 aliphatic rings. The van der Waals surface area contributed by atoms with Crippen LogP contribution in [0.25, 0.3) is 16.9 Å². The van der Waals surface area contributed by atoms with Crippen LogP contribution in [0.4, 0.5) is 0 Å². The minimum atomic E-state index is -0.130. The van der Waals surface area contributed by atoms with Crippen molar-refractivity contribution in [3.8, 4) is 17.0 Å². The third kappa shape index (κ3) is 3.59. The molecule has 148 valence electrons. The number of carbonyl (C=O) groups excluding carboxylic acids is 1. The van der Waals surface area contributed by atoms with Crippen molar-refractivity contribution < 1.29 is 9.53 Å². The van der Waals surface area contributed by atoms with Gasteiger partial charge in [-0.05, 0) is 32.0 Å². The summed E-state index contributed by atoms with van der Waals surface area (Å²) in [6, 6.07) is 11.5. The fourth-order valence-corrected chi connectivity index (χ4v) is 3.17. The molecule has 6 heteroatoms. The van der Waals surface area contributed by atoms with Gasteiger partial charge >= 0.3 is 0 Å². The zero-order valence-corrected chi connectivity index (χ0v) is 17.5. The SMILES string of the molecule is CCN(CC)C(=O)c1cc(-c2ccccc2OC)n2nc(C(C)(C)C)cc2n1. The third-order valence-electron chi connectivity index (χ3n) is 4.85. The Morgan fingerprint density at radius 1 is 1.14 bits per heavy atom. The first-order chi connectivity index (χ1) is 13.3. The van der Waals surface area contributed by atoms with Crippen LogP contribution in [0.1, 0.15) is 50.8 Å². The second kappa shape index (κ2) is 7.62. The third-order valence-corrected chi connectivity index (χ3v) is 4.85. The van der Waals surface area contributed by atoms with Crippen LogP contribution in [0.2, 0.25) is 0 Å². The van der Waals surface area contributed by atoms with Crippen molar-refractivity contribution in [3.63, 3.8) is 0 Å². The van der Waals surface area contributed by atoms with Gasteiger partial charge in [0.15, 0.2) is 5.65 Å². The van der Waals surface area contributed by atoms with Crippen LogP contribution in [0, 0.1) is 0 Å². The molecule has 0 saturated carbocycles. The number of para-hydroxylation sites is 1. The van der Waals surface area contributed by atoms with Gasteiger partial charge in [-0.1, -0.05) is 32.9 Å². The Bertz CT molecular complexity index is 997. The maximum atomic E-state index is 13.0. The zero-order valence-electron chi connectivity index (χ0n) is 17.5. The molecule has 3 rings (SSSR count). The minimum absolute atomic E-state index is 0.0813. The predicted octanol–water partition coefficient (Wildman–Crippen LogP) is 4.18. The highest BCUT2D eigenvalue weighted by Crippen LogP contribution is 2.32. The number of methoxy groups -OCH3 is 1. The van der Waals surface area contributed by atoms with Crippen LogP contribution in [0.15, 0.2) is 36.4 Å². The summed E-state index contributed by atoms with van der Waals surface area (Å²) in [5.74, 6) is 0.645. The first-order valence-electron chi connectivity index (χ1n) is 9.64. The van der Waals surface area contributed by atoms with Crippen LogP contribution in [0.3, 0.4) is 0 Å². The molecule has 1 amide bonds. The Morgan fingerprint density at radius 2 is 1.82 bits per heavy atom. The zero-order chi connectivity index (χ0) is 20.5. The number of ether oxygens (including phenoxy) is 1. The summed E-state index contributed by atoms with van der Waals surface area (Å²) < 4.78 is 7.36. The first-order valence-corrected chi connectivity index (χ1v) is 9.64. The maximum Gasteiger partial charge on any atom is 0.272 e. The van der Waals surface area contributed by atoms with E-state index in [-0.39, 0.29) is 11.3 Å². The predicted molar refractivity (Wildman–Crippen MR) is 111 cm³/mol. The lowest BCUT2D eigenvalue weighted by Crippen LogP contribution is -2.31. The maximum absolute atomic E-state index is 13.0. The molecule has 6 nitrogen and oxygen atoms in total. The number of rotatable bonds is 5. The Labute approximate surface area is 166 Å². The molecule has 0 aliphatic heterocycles. The average Bonchev–Trinajstić information content (AvgIpc) is 3.12. The number of hydrogen-bond acceptors (Lipinski definition) is 4. The van der Waals surface area contributed by atoms with Crippen LogP contribution in [-0.4, -0.2) is 45.6 Å². The van der Waals surface area contributed by atoms with Gasteiger partial charge in [0.1, 0.15) is 11.4 Å². The molecule has 0 saturated heterocycles. The van der Waals surface area contributed by atoms with Crippen molar-refractivity contribution in [1.82, 2.24) is 19.5 Å². The number of fused-ring (bicyclic) bond motifs is 1. The number of amides is 1. The van der Waals surface area contributed by atoms with E-state index in [4.69, 9.17) is 9.84 Å². The van der Waals surface area contributed by atoms with Crippen molar-refractivity contribution in [2.75, 3.05) is 20.2 Å². The molecule has 2 heterocycles. The van der Waals surface area contributed by atoms with Gasteiger partial charge < -0.3 is 9.64 Å². The Balaban J connectivity index is 2.30. The molecule has 0 aliphatic carbocycles. The van der Waals surface area contributed by atoms with Crippen molar-refractivity contribution in [2.45, 2.75) is 40.0 Å². The highest BCUT2D eigenvalue weighted by Gasteiger charge is 2.23. The minimum Gasteiger partial charge on any atom is -0.496 e. The van der Waals surface area contributed by atoms with E-state index in [2.05, 4.69) is 25.8 Å². The molecule has 0 bridgehead atoms. The van der Waals surface area contributed by atoms with Crippen molar-refractivity contribution in [2.24, 2.45) is 0 Å². The Morgan fingerprint density at radius 3 is 2.43 bits per heavy atom. The Hall–Kier alpha value is -2.89. The van der Waals surface area contributed by atoms with Crippen LogP contribution in [0.5, 0.6) is 5.75 Å². The molecule has 2 aromatic heterocycles. The van der Waals surface area contributed by atoms with Crippen molar-refractivity contribution >= 4 is 11.6 Å². The lowest BCUT2D eigenvalue weighted by Gasteiger charge is -2.19. The van der Waals surface area contributed by atoms with E-state index < -0.39 is 0 Å². The largest absolute Gasteiger partial charge is 0.496 e. The molecule has 0 N–H and O–H groups in total.